The number of anilines is 2. The average molecular weight is 439 g/mol. The summed E-state index contributed by atoms with van der Waals surface area (Å²) >= 11 is 1.40. The molecule has 3 aromatic rings. The van der Waals surface area contributed by atoms with Crippen molar-refractivity contribution in [3.63, 3.8) is 0 Å². The zero-order valence-electron chi connectivity index (χ0n) is 17.4. The van der Waals surface area contributed by atoms with E-state index in [1.807, 2.05) is 18.4 Å². The van der Waals surface area contributed by atoms with Crippen LogP contribution in [0.25, 0.3) is 5.57 Å². The Kier molecular flexibility index (Phi) is 6.34. The zero-order chi connectivity index (χ0) is 21.8. The predicted octanol–water partition coefficient (Wildman–Crippen LogP) is 3.77. The molecule has 160 valence electrons. The maximum atomic E-state index is 14.9. The zero-order valence-corrected chi connectivity index (χ0v) is 18.2. The summed E-state index contributed by atoms with van der Waals surface area (Å²) in [6.45, 7) is 3.93. The molecule has 4 rings (SSSR count). The monoisotopic (exact) mass is 438 g/mol. The van der Waals surface area contributed by atoms with Gasteiger partial charge in [0.15, 0.2) is 16.8 Å². The van der Waals surface area contributed by atoms with E-state index in [0.29, 0.717) is 29.5 Å². The third-order valence-electron chi connectivity index (χ3n) is 5.21. The van der Waals surface area contributed by atoms with Gasteiger partial charge in [-0.25, -0.2) is 19.3 Å². The second kappa shape index (κ2) is 9.32. The molecule has 1 aliphatic heterocycles. The second-order valence-electron chi connectivity index (χ2n) is 7.22. The number of amides is 1. The third-order valence-corrected chi connectivity index (χ3v) is 5.89. The van der Waals surface area contributed by atoms with E-state index < -0.39 is 0 Å². The van der Waals surface area contributed by atoms with E-state index in [1.165, 1.54) is 16.9 Å². The van der Waals surface area contributed by atoms with Crippen LogP contribution in [0.5, 0.6) is 0 Å². The first-order valence-electron chi connectivity index (χ1n) is 9.96. The minimum absolute atomic E-state index is 0.193. The summed E-state index contributed by atoms with van der Waals surface area (Å²) < 4.78 is 14.9. The molecule has 0 spiro atoms. The molecule has 0 radical (unpaired) electrons. The number of rotatable bonds is 6. The van der Waals surface area contributed by atoms with Gasteiger partial charge < -0.3 is 10.6 Å². The van der Waals surface area contributed by atoms with Crippen molar-refractivity contribution in [1.29, 1.82) is 0 Å². The van der Waals surface area contributed by atoms with E-state index in [1.54, 1.807) is 31.6 Å². The second-order valence-corrected chi connectivity index (χ2v) is 8.11. The number of aromatic nitrogens is 3. The minimum atomic E-state index is -0.350. The number of thiazole rings is 1. The number of hydrogen-bond acceptors (Lipinski definition) is 7. The molecule has 7 nitrogen and oxygen atoms in total. The molecule has 0 aromatic carbocycles. The van der Waals surface area contributed by atoms with Crippen molar-refractivity contribution in [2.75, 3.05) is 25.5 Å². The van der Waals surface area contributed by atoms with Crippen molar-refractivity contribution in [2.45, 2.75) is 19.9 Å². The van der Waals surface area contributed by atoms with Gasteiger partial charge in [-0.05, 0) is 36.6 Å². The molecule has 0 unspecified atom stereocenters. The van der Waals surface area contributed by atoms with Crippen molar-refractivity contribution >= 4 is 33.8 Å². The van der Waals surface area contributed by atoms with Crippen LogP contribution < -0.4 is 10.6 Å². The summed E-state index contributed by atoms with van der Waals surface area (Å²) in [6.07, 6.45) is 6.26. The Bertz CT molecular complexity index is 1120. The topological polar surface area (TPSA) is 83.0 Å². The summed E-state index contributed by atoms with van der Waals surface area (Å²) in [6, 6.07) is 5.42. The SMILES string of the molecule is CNC(=O)c1ccc(C2=CCN(Cc3ccnc(Nc4nccs4)c3F)CC2)c(C)n1. The van der Waals surface area contributed by atoms with Crippen molar-refractivity contribution < 1.29 is 9.18 Å². The number of carbonyl (C=O) groups is 1. The summed E-state index contributed by atoms with van der Waals surface area (Å²) in [7, 11) is 1.59. The fourth-order valence-corrected chi connectivity index (χ4v) is 4.10. The van der Waals surface area contributed by atoms with Crippen LogP contribution in [0, 0.1) is 12.7 Å². The Balaban J connectivity index is 1.44. The Morgan fingerprint density at radius 3 is 2.81 bits per heavy atom. The van der Waals surface area contributed by atoms with Crippen molar-refractivity contribution in [2.24, 2.45) is 0 Å². The summed E-state index contributed by atoms with van der Waals surface area (Å²) in [5.74, 6) is -0.350. The predicted molar refractivity (Wildman–Crippen MR) is 120 cm³/mol. The van der Waals surface area contributed by atoms with Gasteiger partial charge in [-0.1, -0.05) is 12.1 Å². The fourth-order valence-electron chi connectivity index (χ4n) is 3.57. The molecule has 4 heterocycles. The number of hydrogen-bond donors (Lipinski definition) is 2. The van der Waals surface area contributed by atoms with Gasteiger partial charge in [-0.15, -0.1) is 11.3 Å². The highest BCUT2D eigenvalue weighted by atomic mass is 32.1. The number of nitrogens with one attached hydrogen (secondary N) is 2. The van der Waals surface area contributed by atoms with Gasteiger partial charge >= 0.3 is 0 Å². The molecule has 0 aliphatic carbocycles. The number of halogens is 1. The average Bonchev–Trinajstić information content (AvgIpc) is 3.30. The molecule has 3 aromatic heterocycles. The highest BCUT2D eigenvalue weighted by molar-refractivity contribution is 7.13. The molecule has 9 heteroatoms. The Hall–Kier alpha value is -3.17. The molecule has 1 aliphatic rings. The minimum Gasteiger partial charge on any atom is -0.354 e. The lowest BCUT2D eigenvalue weighted by Crippen LogP contribution is -2.28. The maximum Gasteiger partial charge on any atom is 0.269 e. The molecular weight excluding hydrogens is 415 g/mol. The van der Waals surface area contributed by atoms with Gasteiger partial charge in [0, 0.05) is 55.7 Å². The quantitative estimate of drug-likeness (QED) is 0.610. The molecule has 0 bridgehead atoms. The normalized spacial score (nSPS) is 14.2. The molecular formula is C22H23FN6OS. The summed E-state index contributed by atoms with van der Waals surface area (Å²) in [4.78, 5) is 26.6. The number of pyridine rings is 2. The van der Waals surface area contributed by atoms with Crippen LogP contribution >= 0.6 is 11.3 Å². The van der Waals surface area contributed by atoms with Crippen LogP contribution in [0.3, 0.4) is 0 Å². The molecule has 0 saturated heterocycles. The first-order valence-corrected chi connectivity index (χ1v) is 10.8. The van der Waals surface area contributed by atoms with Crippen LogP contribution in [0.2, 0.25) is 0 Å². The number of aryl methyl sites for hydroxylation is 1. The van der Waals surface area contributed by atoms with Gasteiger partial charge in [0.1, 0.15) is 5.69 Å². The Labute approximate surface area is 184 Å². The van der Waals surface area contributed by atoms with Gasteiger partial charge in [0.25, 0.3) is 5.91 Å². The van der Waals surface area contributed by atoms with Crippen LogP contribution in [-0.4, -0.2) is 45.9 Å². The van der Waals surface area contributed by atoms with Crippen LogP contribution in [0.15, 0.2) is 42.0 Å². The van der Waals surface area contributed by atoms with Crippen molar-refractivity contribution in [1.82, 2.24) is 25.2 Å². The Morgan fingerprint density at radius 1 is 1.26 bits per heavy atom. The third kappa shape index (κ3) is 4.78. The molecule has 0 atom stereocenters. The van der Waals surface area contributed by atoms with Crippen molar-refractivity contribution in [3.05, 3.63) is 70.4 Å². The van der Waals surface area contributed by atoms with E-state index in [4.69, 9.17) is 0 Å². The van der Waals surface area contributed by atoms with E-state index in [-0.39, 0.29) is 17.5 Å². The molecule has 31 heavy (non-hydrogen) atoms. The molecule has 0 fully saturated rings. The first-order chi connectivity index (χ1) is 15.0. The van der Waals surface area contributed by atoms with E-state index in [2.05, 4.69) is 36.6 Å². The summed E-state index contributed by atoms with van der Waals surface area (Å²) in [5.41, 5.74) is 4.10. The first kappa shape index (κ1) is 21.1. The van der Waals surface area contributed by atoms with E-state index in [9.17, 15) is 9.18 Å². The Morgan fingerprint density at radius 2 is 2.13 bits per heavy atom. The van der Waals surface area contributed by atoms with E-state index in [0.717, 1.165) is 24.2 Å². The van der Waals surface area contributed by atoms with Gasteiger partial charge in [0.05, 0.1) is 0 Å². The maximum absolute atomic E-state index is 14.9. The summed E-state index contributed by atoms with van der Waals surface area (Å²) in [5, 5.41) is 7.96. The molecule has 1 amide bonds. The van der Waals surface area contributed by atoms with Gasteiger partial charge in [0.2, 0.25) is 0 Å². The standard InChI is InChI=1S/C22H23FN6OS/c1-14-17(3-4-18(27-14)21(30)24-2)15-6-10-29(11-7-15)13-16-5-8-25-20(19(16)23)28-22-26-9-12-31-22/h3-6,8-9,12H,7,10-11,13H2,1-2H3,(H,24,30)(H,25,26,28). The van der Waals surface area contributed by atoms with Crippen LogP contribution in [0.1, 0.15) is 33.7 Å². The number of carbonyl (C=O) groups excluding carboxylic acids is 1. The molecule has 2 N–H and O–H groups in total. The smallest absolute Gasteiger partial charge is 0.269 e. The lowest BCUT2D eigenvalue weighted by atomic mass is 9.97. The largest absolute Gasteiger partial charge is 0.354 e. The number of nitrogens with zero attached hydrogens (tertiary/aromatic N) is 4. The van der Waals surface area contributed by atoms with Crippen LogP contribution in [0.4, 0.5) is 15.3 Å². The van der Waals surface area contributed by atoms with E-state index >= 15 is 0 Å². The highest BCUT2D eigenvalue weighted by Crippen LogP contribution is 2.27. The lowest BCUT2D eigenvalue weighted by molar-refractivity contribution is 0.0958. The fraction of sp³-hybridized carbons (Fsp3) is 0.273. The van der Waals surface area contributed by atoms with Gasteiger partial charge in [-0.2, -0.15) is 0 Å². The van der Waals surface area contributed by atoms with Crippen molar-refractivity contribution in [3.8, 4) is 0 Å². The molecule has 0 saturated carbocycles. The van der Waals surface area contributed by atoms with Crippen LogP contribution in [-0.2, 0) is 6.54 Å². The highest BCUT2D eigenvalue weighted by Gasteiger charge is 2.19. The van der Waals surface area contributed by atoms with Gasteiger partial charge in [-0.3, -0.25) is 9.69 Å². The lowest BCUT2D eigenvalue weighted by Gasteiger charge is -2.27.